The van der Waals surface area contributed by atoms with Crippen molar-refractivity contribution in [2.24, 2.45) is 0 Å². The fraction of sp³-hybridized carbons (Fsp3) is 0.105. The highest BCUT2D eigenvalue weighted by molar-refractivity contribution is 6.15. The van der Waals surface area contributed by atoms with Crippen molar-refractivity contribution in [3.05, 3.63) is 71.8 Å². The number of rotatable bonds is 2. The molecule has 24 heavy (non-hydrogen) atoms. The van der Waals surface area contributed by atoms with Crippen LogP contribution < -0.4 is 5.32 Å². The topological polar surface area (TPSA) is 64.0 Å². The van der Waals surface area contributed by atoms with Gasteiger partial charge >= 0.3 is 0 Å². The predicted octanol–water partition coefficient (Wildman–Crippen LogP) is 3.23. The van der Waals surface area contributed by atoms with Crippen molar-refractivity contribution in [2.75, 3.05) is 5.32 Å². The van der Waals surface area contributed by atoms with E-state index in [0.29, 0.717) is 17.1 Å². The van der Waals surface area contributed by atoms with Gasteiger partial charge in [-0.05, 0) is 12.5 Å². The van der Waals surface area contributed by atoms with Crippen LogP contribution >= 0.6 is 0 Å². The summed E-state index contributed by atoms with van der Waals surface area (Å²) in [6.07, 6.45) is 0. The number of amides is 1. The molecule has 2 heterocycles. The molecule has 2 aromatic carbocycles. The van der Waals surface area contributed by atoms with Gasteiger partial charge in [0.25, 0.3) is 5.91 Å². The molecule has 0 aliphatic carbocycles. The smallest absolute Gasteiger partial charge is 0.265 e. The molecule has 0 bridgehead atoms. The summed E-state index contributed by atoms with van der Waals surface area (Å²) in [6.45, 7) is 2.01. The van der Waals surface area contributed by atoms with Crippen LogP contribution in [0.2, 0.25) is 0 Å². The highest BCUT2D eigenvalue weighted by Crippen LogP contribution is 2.30. The Labute approximate surface area is 138 Å². The highest BCUT2D eigenvalue weighted by Gasteiger charge is 2.36. The molecule has 5 heteroatoms. The van der Waals surface area contributed by atoms with Crippen LogP contribution in [0.15, 0.2) is 60.7 Å². The molecule has 0 saturated carbocycles. The predicted molar refractivity (Wildman–Crippen MR) is 90.8 cm³/mol. The number of nitrogens with zero attached hydrogens (tertiary/aromatic N) is 2. The van der Waals surface area contributed by atoms with Gasteiger partial charge in [0.1, 0.15) is 11.7 Å². The summed E-state index contributed by atoms with van der Waals surface area (Å²) in [4.78, 5) is 25.2. The van der Waals surface area contributed by atoms with E-state index in [4.69, 9.17) is 0 Å². The monoisotopic (exact) mass is 317 g/mol. The third-order valence-corrected chi connectivity index (χ3v) is 4.16. The molecule has 1 unspecified atom stereocenters. The Morgan fingerprint density at radius 1 is 1.00 bits per heavy atom. The molecular weight excluding hydrogens is 302 g/mol. The number of carbonyl (C=O) groups excluding carboxylic acids is 2. The zero-order valence-electron chi connectivity index (χ0n) is 13.1. The maximum absolute atomic E-state index is 12.8. The van der Waals surface area contributed by atoms with Crippen LogP contribution in [-0.2, 0) is 4.79 Å². The normalized spacial score (nSPS) is 16.6. The lowest BCUT2D eigenvalue weighted by molar-refractivity contribution is -0.117. The largest absolute Gasteiger partial charge is 0.309 e. The molecule has 1 N–H and O–H groups in total. The molecule has 0 radical (unpaired) electrons. The van der Waals surface area contributed by atoms with E-state index in [1.165, 1.54) is 4.68 Å². The Kier molecular flexibility index (Phi) is 3.27. The van der Waals surface area contributed by atoms with Crippen LogP contribution in [0.5, 0.6) is 0 Å². The molecule has 0 spiro atoms. The maximum Gasteiger partial charge on any atom is 0.265 e. The lowest BCUT2D eigenvalue weighted by Crippen LogP contribution is -2.38. The van der Waals surface area contributed by atoms with E-state index in [-0.39, 0.29) is 11.8 Å². The third-order valence-electron chi connectivity index (χ3n) is 4.16. The molecule has 1 aliphatic rings. The van der Waals surface area contributed by atoms with Gasteiger partial charge in [0.2, 0.25) is 5.91 Å². The summed E-state index contributed by atoms with van der Waals surface area (Å²) in [5.41, 5.74) is 3.38. The number of fused-ring (bicyclic) bond motifs is 1. The van der Waals surface area contributed by atoms with E-state index < -0.39 is 5.92 Å². The first-order valence-electron chi connectivity index (χ1n) is 7.70. The molecule has 1 amide bonds. The van der Waals surface area contributed by atoms with Gasteiger partial charge in [-0.25, -0.2) is 0 Å². The summed E-state index contributed by atoms with van der Waals surface area (Å²) < 4.78 is 1.29. The highest BCUT2D eigenvalue weighted by atomic mass is 16.2. The molecule has 0 fully saturated rings. The Bertz CT molecular complexity index is 927. The zero-order valence-corrected chi connectivity index (χ0v) is 13.1. The molecule has 1 atom stereocenters. The fourth-order valence-corrected chi connectivity index (χ4v) is 2.88. The first kappa shape index (κ1) is 14.4. The van der Waals surface area contributed by atoms with E-state index >= 15 is 0 Å². The molecule has 1 aromatic heterocycles. The van der Waals surface area contributed by atoms with E-state index in [9.17, 15) is 9.59 Å². The van der Waals surface area contributed by atoms with E-state index in [0.717, 1.165) is 11.1 Å². The summed E-state index contributed by atoms with van der Waals surface area (Å²) >= 11 is 0. The van der Waals surface area contributed by atoms with Gasteiger partial charge in [0, 0.05) is 11.6 Å². The second kappa shape index (κ2) is 5.45. The quantitative estimate of drug-likeness (QED) is 0.738. The van der Waals surface area contributed by atoms with Crippen LogP contribution in [0.4, 0.5) is 5.82 Å². The molecule has 3 aromatic rings. The van der Waals surface area contributed by atoms with Gasteiger partial charge in [0.15, 0.2) is 0 Å². The van der Waals surface area contributed by atoms with Crippen molar-refractivity contribution in [1.29, 1.82) is 0 Å². The van der Waals surface area contributed by atoms with Crippen molar-refractivity contribution < 1.29 is 9.59 Å². The van der Waals surface area contributed by atoms with Gasteiger partial charge < -0.3 is 5.32 Å². The molecule has 4 rings (SSSR count). The standard InChI is InChI=1S/C19H15N3O2/c1-12-7-9-13(10-8-12)15-11-16-20-18(23)17(19(24)22(16)21-15)14-5-3-2-4-6-14/h2-11,17H,1H3,(H,20,23). The number of hydrogen-bond donors (Lipinski definition) is 1. The molecular formula is C19H15N3O2. The molecule has 5 nitrogen and oxygen atoms in total. The van der Waals surface area contributed by atoms with Gasteiger partial charge in [-0.3, -0.25) is 9.59 Å². The third kappa shape index (κ3) is 2.31. The van der Waals surface area contributed by atoms with Crippen molar-refractivity contribution in [2.45, 2.75) is 12.8 Å². The van der Waals surface area contributed by atoms with Crippen molar-refractivity contribution in [3.63, 3.8) is 0 Å². The Morgan fingerprint density at radius 2 is 1.71 bits per heavy atom. The molecule has 1 aliphatic heterocycles. The number of nitrogens with one attached hydrogen (secondary N) is 1. The average molecular weight is 317 g/mol. The second-order valence-corrected chi connectivity index (χ2v) is 5.86. The SMILES string of the molecule is Cc1ccc(-c2cc3n(n2)C(=O)C(c2ccccc2)C(=O)N3)cc1. The number of hydrogen-bond acceptors (Lipinski definition) is 3. The van der Waals surface area contributed by atoms with Gasteiger partial charge in [-0.2, -0.15) is 9.78 Å². The maximum atomic E-state index is 12.8. The summed E-state index contributed by atoms with van der Waals surface area (Å²) in [7, 11) is 0. The van der Waals surface area contributed by atoms with Crippen LogP contribution in [0.3, 0.4) is 0 Å². The first-order chi connectivity index (χ1) is 11.6. The summed E-state index contributed by atoms with van der Waals surface area (Å²) in [5.74, 6) is -1.12. The molecule has 0 saturated heterocycles. The van der Waals surface area contributed by atoms with Gasteiger partial charge in [-0.15, -0.1) is 0 Å². The minimum Gasteiger partial charge on any atom is -0.309 e. The summed E-state index contributed by atoms with van der Waals surface area (Å²) in [6, 6.07) is 18.6. The number of anilines is 1. The second-order valence-electron chi connectivity index (χ2n) is 5.86. The number of benzene rings is 2. The Hall–Kier alpha value is -3.21. The summed E-state index contributed by atoms with van der Waals surface area (Å²) in [5, 5.41) is 7.18. The average Bonchev–Trinajstić information content (AvgIpc) is 3.01. The van der Waals surface area contributed by atoms with Crippen LogP contribution in [0, 0.1) is 6.92 Å². The lowest BCUT2D eigenvalue weighted by Gasteiger charge is -2.21. The van der Waals surface area contributed by atoms with Crippen LogP contribution in [-0.4, -0.2) is 21.6 Å². The zero-order chi connectivity index (χ0) is 16.7. The number of carbonyl (C=O) groups is 2. The van der Waals surface area contributed by atoms with Crippen LogP contribution in [0.1, 0.15) is 21.8 Å². The Balaban J connectivity index is 1.75. The van der Waals surface area contributed by atoms with Gasteiger partial charge in [-0.1, -0.05) is 60.2 Å². The van der Waals surface area contributed by atoms with E-state index in [2.05, 4.69) is 10.4 Å². The number of aromatic nitrogens is 2. The van der Waals surface area contributed by atoms with Crippen molar-refractivity contribution in [3.8, 4) is 11.3 Å². The lowest BCUT2D eigenvalue weighted by atomic mass is 9.96. The van der Waals surface area contributed by atoms with E-state index in [1.807, 2.05) is 49.4 Å². The molecule has 118 valence electrons. The van der Waals surface area contributed by atoms with Crippen molar-refractivity contribution in [1.82, 2.24) is 9.78 Å². The number of aryl methyl sites for hydroxylation is 1. The Morgan fingerprint density at radius 3 is 2.42 bits per heavy atom. The van der Waals surface area contributed by atoms with Crippen LogP contribution in [0.25, 0.3) is 11.3 Å². The van der Waals surface area contributed by atoms with Gasteiger partial charge in [0.05, 0.1) is 5.69 Å². The fourth-order valence-electron chi connectivity index (χ4n) is 2.88. The van der Waals surface area contributed by atoms with E-state index in [1.54, 1.807) is 18.2 Å². The first-order valence-corrected chi connectivity index (χ1v) is 7.70. The minimum atomic E-state index is -0.871. The minimum absolute atomic E-state index is 0.325. The van der Waals surface area contributed by atoms with Crippen molar-refractivity contribution >= 4 is 17.6 Å².